The quantitative estimate of drug-likeness (QED) is 0.411. The molecule has 1 aliphatic rings. The molecule has 0 unspecified atom stereocenters. The number of hydrogen-bond donors (Lipinski definition) is 1. The summed E-state index contributed by atoms with van der Waals surface area (Å²) in [6, 6.07) is 16.2. The lowest BCUT2D eigenvalue weighted by atomic mass is 9.99. The molecule has 2 N–H and O–H groups in total. The van der Waals surface area contributed by atoms with E-state index in [9.17, 15) is 8.78 Å². The van der Waals surface area contributed by atoms with Crippen LogP contribution >= 0.6 is 11.6 Å². The summed E-state index contributed by atoms with van der Waals surface area (Å²) in [7, 11) is 0. The number of nitrogens with zero attached hydrogens (tertiary/aromatic N) is 4. The predicted octanol–water partition coefficient (Wildman–Crippen LogP) is 5.69. The standard InChI is InChI=1S/C26H20ClF2N5/c27-20-2-1-3-21(28)24(20)15-6-7-23-19(12-15)25(16-4-5-17(14-30)22(29)13-16)33-26(32-23)34-10-8-18(31)9-11-34/h1-7,12-13,18H,8-11,31H2. The molecule has 2 heterocycles. The van der Waals surface area contributed by atoms with Crippen LogP contribution in [0.2, 0.25) is 5.02 Å². The lowest BCUT2D eigenvalue weighted by molar-refractivity contribution is 0.496. The van der Waals surface area contributed by atoms with Crippen LogP contribution in [0.1, 0.15) is 18.4 Å². The fraction of sp³-hybridized carbons (Fsp3) is 0.192. The van der Waals surface area contributed by atoms with Gasteiger partial charge in [-0.2, -0.15) is 5.26 Å². The van der Waals surface area contributed by atoms with Gasteiger partial charge < -0.3 is 10.6 Å². The third kappa shape index (κ3) is 4.07. The Labute approximate surface area is 200 Å². The normalized spacial score (nSPS) is 14.4. The Morgan fingerprint density at radius 1 is 0.971 bits per heavy atom. The Hall–Kier alpha value is -3.60. The molecule has 0 aliphatic carbocycles. The Bertz CT molecular complexity index is 1420. The molecule has 1 aliphatic heterocycles. The number of nitrogens with two attached hydrogens (primary N) is 1. The highest BCUT2D eigenvalue weighted by Gasteiger charge is 2.21. The molecule has 0 atom stereocenters. The Balaban J connectivity index is 1.72. The first-order valence-corrected chi connectivity index (χ1v) is 11.3. The van der Waals surface area contributed by atoms with E-state index < -0.39 is 11.6 Å². The average Bonchev–Trinajstić information content (AvgIpc) is 2.83. The van der Waals surface area contributed by atoms with Crippen molar-refractivity contribution in [2.24, 2.45) is 5.73 Å². The SMILES string of the molecule is N#Cc1ccc(-c2nc(N3CCC(N)CC3)nc3ccc(-c4c(F)cccc4Cl)cc23)cc1F. The van der Waals surface area contributed by atoms with E-state index in [1.54, 1.807) is 36.4 Å². The van der Waals surface area contributed by atoms with E-state index in [0.717, 1.165) is 25.9 Å². The summed E-state index contributed by atoms with van der Waals surface area (Å²) in [6.45, 7) is 1.44. The van der Waals surface area contributed by atoms with Gasteiger partial charge in [0.05, 0.1) is 21.8 Å². The largest absolute Gasteiger partial charge is 0.341 e. The molecule has 1 fully saturated rings. The molecule has 0 bridgehead atoms. The van der Waals surface area contributed by atoms with E-state index in [0.29, 0.717) is 33.7 Å². The molecule has 1 saturated heterocycles. The smallest absolute Gasteiger partial charge is 0.226 e. The number of rotatable bonds is 3. The van der Waals surface area contributed by atoms with Gasteiger partial charge in [-0.1, -0.05) is 29.8 Å². The van der Waals surface area contributed by atoms with Gasteiger partial charge in [0.15, 0.2) is 0 Å². The third-order valence-corrected chi connectivity index (χ3v) is 6.44. The van der Waals surface area contributed by atoms with Gasteiger partial charge in [-0.3, -0.25) is 0 Å². The van der Waals surface area contributed by atoms with Crippen molar-refractivity contribution in [1.29, 1.82) is 5.26 Å². The van der Waals surface area contributed by atoms with Crippen LogP contribution in [0.25, 0.3) is 33.3 Å². The average molecular weight is 476 g/mol. The van der Waals surface area contributed by atoms with Crippen molar-refractivity contribution < 1.29 is 8.78 Å². The Morgan fingerprint density at radius 3 is 2.44 bits per heavy atom. The highest BCUT2D eigenvalue weighted by Crippen LogP contribution is 2.36. The lowest BCUT2D eigenvalue weighted by Gasteiger charge is -2.30. The van der Waals surface area contributed by atoms with Gasteiger partial charge in [-0.25, -0.2) is 18.7 Å². The van der Waals surface area contributed by atoms with E-state index in [1.165, 1.54) is 18.2 Å². The number of piperidine rings is 1. The summed E-state index contributed by atoms with van der Waals surface area (Å²) in [4.78, 5) is 11.6. The minimum absolute atomic E-state index is 0.0498. The van der Waals surface area contributed by atoms with Crippen molar-refractivity contribution in [1.82, 2.24) is 9.97 Å². The second kappa shape index (κ2) is 8.98. The molecular formula is C26H20ClF2N5. The Morgan fingerprint density at radius 2 is 1.74 bits per heavy atom. The highest BCUT2D eigenvalue weighted by atomic mass is 35.5. The first-order chi connectivity index (χ1) is 16.4. The molecule has 3 aromatic carbocycles. The first kappa shape index (κ1) is 22.2. The lowest BCUT2D eigenvalue weighted by Crippen LogP contribution is -2.40. The molecule has 8 heteroatoms. The summed E-state index contributed by atoms with van der Waals surface area (Å²) in [5, 5.41) is 10.0. The van der Waals surface area contributed by atoms with Crippen LogP contribution in [0.4, 0.5) is 14.7 Å². The van der Waals surface area contributed by atoms with E-state index in [-0.39, 0.29) is 22.2 Å². The maximum absolute atomic E-state index is 14.6. The molecule has 5 nitrogen and oxygen atoms in total. The summed E-state index contributed by atoms with van der Waals surface area (Å²) in [5.41, 5.74) is 8.46. The molecule has 1 aromatic heterocycles. The van der Waals surface area contributed by atoms with Crippen LogP contribution in [0.15, 0.2) is 54.6 Å². The second-order valence-electron chi connectivity index (χ2n) is 8.33. The number of aromatic nitrogens is 2. The number of nitriles is 1. The molecule has 5 rings (SSSR count). The van der Waals surface area contributed by atoms with Crippen LogP contribution in [0.3, 0.4) is 0 Å². The molecule has 0 amide bonds. The zero-order chi connectivity index (χ0) is 23.8. The predicted molar refractivity (Wildman–Crippen MR) is 129 cm³/mol. The van der Waals surface area contributed by atoms with Gasteiger partial charge in [0, 0.05) is 35.6 Å². The fourth-order valence-electron chi connectivity index (χ4n) is 4.26. The monoisotopic (exact) mass is 475 g/mol. The molecule has 0 radical (unpaired) electrons. The summed E-state index contributed by atoms with van der Waals surface area (Å²) < 4.78 is 29.1. The fourth-order valence-corrected chi connectivity index (χ4v) is 4.53. The maximum atomic E-state index is 14.6. The van der Waals surface area contributed by atoms with E-state index in [4.69, 9.17) is 32.6 Å². The molecule has 170 valence electrons. The van der Waals surface area contributed by atoms with Crippen molar-refractivity contribution in [3.63, 3.8) is 0 Å². The molecule has 34 heavy (non-hydrogen) atoms. The van der Waals surface area contributed by atoms with Crippen molar-refractivity contribution in [3.8, 4) is 28.5 Å². The van der Waals surface area contributed by atoms with Crippen LogP contribution in [-0.4, -0.2) is 29.1 Å². The van der Waals surface area contributed by atoms with Gasteiger partial charge in [0.1, 0.15) is 17.7 Å². The van der Waals surface area contributed by atoms with E-state index in [2.05, 4.69) is 4.90 Å². The number of halogens is 3. The topological polar surface area (TPSA) is 78.8 Å². The van der Waals surface area contributed by atoms with Gasteiger partial charge in [0.2, 0.25) is 5.95 Å². The van der Waals surface area contributed by atoms with E-state index in [1.807, 2.05) is 6.07 Å². The highest BCUT2D eigenvalue weighted by molar-refractivity contribution is 6.33. The zero-order valence-electron chi connectivity index (χ0n) is 18.1. The first-order valence-electron chi connectivity index (χ1n) is 10.9. The van der Waals surface area contributed by atoms with E-state index >= 15 is 0 Å². The number of fused-ring (bicyclic) bond motifs is 1. The van der Waals surface area contributed by atoms with Gasteiger partial charge in [-0.15, -0.1) is 0 Å². The summed E-state index contributed by atoms with van der Waals surface area (Å²) in [5.74, 6) is -0.554. The van der Waals surface area contributed by atoms with Crippen molar-refractivity contribution in [3.05, 3.63) is 76.8 Å². The number of hydrogen-bond acceptors (Lipinski definition) is 5. The van der Waals surface area contributed by atoms with Crippen molar-refractivity contribution in [2.75, 3.05) is 18.0 Å². The van der Waals surface area contributed by atoms with Gasteiger partial charge in [0.25, 0.3) is 0 Å². The van der Waals surface area contributed by atoms with Crippen LogP contribution in [-0.2, 0) is 0 Å². The molecular weight excluding hydrogens is 456 g/mol. The molecule has 0 saturated carbocycles. The number of benzene rings is 3. The maximum Gasteiger partial charge on any atom is 0.226 e. The second-order valence-corrected chi connectivity index (χ2v) is 8.74. The van der Waals surface area contributed by atoms with Gasteiger partial charge >= 0.3 is 0 Å². The minimum Gasteiger partial charge on any atom is -0.341 e. The van der Waals surface area contributed by atoms with Crippen LogP contribution < -0.4 is 10.6 Å². The van der Waals surface area contributed by atoms with Crippen molar-refractivity contribution >= 4 is 28.5 Å². The van der Waals surface area contributed by atoms with Crippen LogP contribution in [0, 0.1) is 23.0 Å². The molecule has 4 aromatic rings. The molecule has 0 spiro atoms. The van der Waals surface area contributed by atoms with Crippen LogP contribution in [0.5, 0.6) is 0 Å². The Kier molecular flexibility index (Phi) is 5.86. The van der Waals surface area contributed by atoms with Gasteiger partial charge in [-0.05, 0) is 54.8 Å². The zero-order valence-corrected chi connectivity index (χ0v) is 18.9. The minimum atomic E-state index is -0.634. The third-order valence-electron chi connectivity index (χ3n) is 6.12. The number of anilines is 1. The summed E-state index contributed by atoms with van der Waals surface area (Å²) in [6.07, 6.45) is 1.65. The summed E-state index contributed by atoms with van der Waals surface area (Å²) >= 11 is 6.30. The van der Waals surface area contributed by atoms with Crippen molar-refractivity contribution in [2.45, 2.75) is 18.9 Å².